The largest absolute Gasteiger partial charge is 0.289 e. The van der Waals surface area contributed by atoms with Gasteiger partial charge >= 0.3 is 0 Å². The van der Waals surface area contributed by atoms with Crippen LogP contribution in [0.4, 0.5) is 0 Å². The van der Waals surface area contributed by atoms with E-state index in [2.05, 4.69) is 5.10 Å². The van der Waals surface area contributed by atoms with Crippen LogP contribution in [0.1, 0.15) is 38.2 Å². The van der Waals surface area contributed by atoms with Gasteiger partial charge in [0.25, 0.3) is 5.56 Å². The number of hydrogen-bond donors (Lipinski definition) is 0. The quantitative estimate of drug-likeness (QED) is 0.431. The molecule has 0 unspecified atom stereocenters. The van der Waals surface area contributed by atoms with Crippen molar-refractivity contribution in [3.63, 3.8) is 0 Å². The molecule has 0 radical (unpaired) electrons. The van der Waals surface area contributed by atoms with E-state index in [1.807, 2.05) is 81.4 Å². The molecule has 0 atom stereocenters. The summed E-state index contributed by atoms with van der Waals surface area (Å²) in [5.41, 5.74) is 5.84. The zero-order valence-corrected chi connectivity index (χ0v) is 17.9. The van der Waals surface area contributed by atoms with Crippen LogP contribution in [0, 0.1) is 20.8 Å². The number of rotatable bonds is 5. The van der Waals surface area contributed by atoms with Gasteiger partial charge in [-0.2, -0.15) is 5.10 Å². The van der Waals surface area contributed by atoms with E-state index in [4.69, 9.17) is 0 Å². The van der Waals surface area contributed by atoms with Crippen molar-refractivity contribution in [1.82, 2.24) is 9.78 Å². The molecule has 1 aromatic heterocycles. The minimum atomic E-state index is -0.263. The molecule has 0 saturated heterocycles. The van der Waals surface area contributed by atoms with Crippen LogP contribution in [-0.4, -0.2) is 15.6 Å². The predicted molar refractivity (Wildman–Crippen MR) is 124 cm³/mol. The normalized spacial score (nSPS) is 10.8. The van der Waals surface area contributed by atoms with E-state index in [1.54, 1.807) is 12.1 Å². The van der Waals surface area contributed by atoms with Gasteiger partial charge in [-0.3, -0.25) is 9.59 Å². The number of aryl methyl sites for hydroxylation is 3. The molecule has 0 saturated carbocycles. The first kappa shape index (κ1) is 20.5. The summed E-state index contributed by atoms with van der Waals surface area (Å²) < 4.78 is 1.44. The Balaban J connectivity index is 1.95. The molecular weight excluding hydrogens is 384 g/mol. The smallest absolute Gasteiger partial charge is 0.275 e. The third-order valence-corrected chi connectivity index (χ3v) is 5.43. The Morgan fingerprint density at radius 1 is 0.839 bits per heavy atom. The van der Waals surface area contributed by atoms with Gasteiger partial charge in [-0.25, -0.2) is 4.68 Å². The van der Waals surface area contributed by atoms with Gasteiger partial charge in [0.05, 0.1) is 23.9 Å². The molecule has 154 valence electrons. The predicted octanol–water partition coefficient (Wildman–Crippen LogP) is 5.11. The van der Waals surface area contributed by atoms with Gasteiger partial charge in [-0.15, -0.1) is 0 Å². The van der Waals surface area contributed by atoms with Crippen LogP contribution in [0.2, 0.25) is 0 Å². The van der Waals surface area contributed by atoms with Crippen molar-refractivity contribution in [2.24, 2.45) is 0 Å². The SMILES string of the molecule is Cc1cc(C)c(-c2c(C(=O)c3ccccc3)cnn(Cc3ccccc3)c2=O)c(C)c1. The molecule has 0 aliphatic rings. The lowest BCUT2D eigenvalue weighted by atomic mass is 9.90. The lowest BCUT2D eigenvalue weighted by Gasteiger charge is -2.16. The van der Waals surface area contributed by atoms with Gasteiger partial charge in [0, 0.05) is 5.56 Å². The van der Waals surface area contributed by atoms with Crippen molar-refractivity contribution >= 4 is 5.78 Å². The molecule has 0 aliphatic carbocycles. The van der Waals surface area contributed by atoms with Crippen molar-refractivity contribution in [3.05, 3.63) is 123 Å². The van der Waals surface area contributed by atoms with Crippen molar-refractivity contribution in [2.45, 2.75) is 27.3 Å². The number of carbonyl (C=O) groups excluding carboxylic acids is 1. The summed E-state index contributed by atoms with van der Waals surface area (Å²) in [6.07, 6.45) is 1.54. The topological polar surface area (TPSA) is 52.0 Å². The monoisotopic (exact) mass is 408 g/mol. The van der Waals surface area contributed by atoms with Crippen LogP contribution in [0.25, 0.3) is 11.1 Å². The second-order valence-electron chi connectivity index (χ2n) is 7.85. The lowest BCUT2D eigenvalue weighted by molar-refractivity contribution is 0.103. The van der Waals surface area contributed by atoms with E-state index in [-0.39, 0.29) is 11.3 Å². The fourth-order valence-electron chi connectivity index (χ4n) is 4.09. The van der Waals surface area contributed by atoms with Crippen LogP contribution >= 0.6 is 0 Å². The van der Waals surface area contributed by atoms with E-state index < -0.39 is 0 Å². The number of ketones is 1. The van der Waals surface area contributed by atoms with Crippen LogP contribution in [0.3, 0.4) is 0 Å². The Bertz CT molecular complexity index is 1280. The van der Waals surface area contributed by atoms with Crippen molar-refractivity contribution in [2.75, 3.05) is 0 Å². The number of aromatic nitrogens is 2. The Morgan fingerprint density at radius 2 is 1.42 bits per heavy atom. The number of nitrogens with zero attached hydrogens (tertiary/aromatic N) is 2. The molecule has 4 heteroatoms. The van der Waals surface area contributed by atoms with E-state index in [9.17, 15) is 9.59 Å². The molecule has 0 fully saturated rings. The zero-order chi connectivity index (χ0) is 22.0. The molecule has 0 aliphatic heterocycles. The van der Waals surface area contributed by atoms with Gasteiger partial charge in [-0.1, -0.05) is 78.4 Å². The van der Waals surface area contributed by atoms with E-state index >= 15 is 0 Å². The minimum Gasteiger partial charge on any atom is -0.289 e. The fraction of sp³-hybridized carbons (Fsp3) is 0.148. The van der Waals surface area contributed by atoms with Crippen LogP contribution in [0.15, 0.2) is 83.8 Å². The maximum Gasteiger partial charge on any atom is 0.275 e. The van der Waals surface area contributed by atoms with Gasteiger partial charge < -0.3 is 0 Å². The van der Waals surface area contributed by atoms with Crippen LogP contribution < -0.4 is 5.56 Å². The molecule has 0 amide bonds. The minimum absolute atomic E-state index is 0.202. The first-order chi connectivity index (χ1) is 15.0. The number of hydrogen-bond acceptors (Lipinski definition) is 3. The van der Waals surface area contributed by atoms with Gasteiger partial charge in [0.15, 0.2) is 5.78 Å². The highest BCUT2D eigenvalue weighted by molar-refractivity contribution is 6.12. The second-order valence-corrected chi connectivity index (χ2v) is 7.85. The average molecular weight is 409 g/mol. The maximum atomic E-state index is 13.7. The molecule has 4 nitrogen and oxygen atoms in total. The highest BCUT2D eigenvalue weighted by atomic mass is 16.1. The molecule has 0 bridgehead atoms. The average Bonchev–Trinajstić information content (AvgIpc) is 2.76. The molecule has 0 N–H and O–H groups in total. The summed E-state index contributed by atoms with van der Waals surface area (Å²) in [6, 6.07) is 22.8. The number of carbonyl (C=O) groups is 1. The van der Waals surface area contributed by atoms with Gasteiger partial charge in [-0.05, 0) is 43.0 Å². The Kier molecular flexibility index (Phi) is 5.63. The number of benzene rings is 3. The molecule has 4 rings (SSSR count). The summed E-state index contributed by atoms with van der Waals surface area (Å²) in [7, 11) is 0. The molecule has 0 spiro atoms. The molecule has 1 heterocycles. The Morgan fingerprint density at radius 3 is 2.03 bits per heavy atom. The summed E-state index contributed by atoms with van der Waals surface area (Å²) >= 11 is 0. The molecule has 4 aromatic rings. The van der Waals surface area contributed by atoms with E-state index in [1.165, 1.54) is 10.9 Å². The summed E-state index contributed by atoms with van der Waals surface area (Å²) in [5, 5.41) is 4.37. The first-order valence-electron chi connectivity index (χ1n) is 10.3. The third kappa shape index (κ3) is 4.10. The summed E-state index contributed by atoms with van der Waals surface area (Å²) in [5.74, 6) is -0.202. The highest BCUT2D eigenvalue weighted by Crippen LogP contribution is 2.29. The Labute approximate surface area is 181 Å². The molecule has 31 heavy (non-hydrogen) atoms. The second kappa shape index (κ2) is 8.52. The Hall–Kier alpha value is -3.79. The van der Waals surface area contributed by atoms with Gasteiger partial charge in [0.2, 0.25) is 0 Å². The third-order valence-electron chi connectivity index (χ3n) is 5.43. The highest BCUT2D eigenvalue weighted by Gasteiger charge is 2.23. The summed E-state index contributed by atoms with van der Waals surface area (Å²) in [6.45, 7) is 6.33. The lowest BCUT2D eigenvalue weighted by Crippen LogP contribution is -2.28. The summed E-state index contributed by atoms with van der Waals surface area (Å²) in [4.78, 5) is 27.0. The van der Waals surface area contributed by atoms with E-state index in [0.29, 0.717) is 23.2 Å². The maximum absolute atomic E-state index is 13.7. The van der Waals surface area contributed by atoms with Crippen molar-refractivity contribution in [3.8, 4) is 11.1 Å². The van der Waals surface area contributed by atoms with Crippen molar-refractivity contribution < 1.29 is 4.79 Å². The first-order valence-corrected chi connectivity index (χ1v) is 10.3. The standard InChI is InChI=1S/C27H24N2O2/c1-18-14-19(2)24(20(3)15-18)25-23(26(30)22-12-8-5-9-13-22)16-28-29(27(25)31)17-21-10-6-4-7-11-21/h4-16H,17H2,1-3H3. The zero-order valence-electron chi connectivity index (χ0n) is 17.9. The molecular formula is C27H24N2O2. The van der Waals surface area contributed by atoms with Crippen LogP contribution in [-0.2, 0) is 6.54 Å². The van der Waals surface area contributed by atoms with Crippen LogP contribution in [0.5, 0.6) is 0 Å². The molecule has 3 aromatic carbocycles. The van der Waals surface area contributed by atoms with Crippen molar-refractivity contribution in [1.29, 1.82) is 0 Å². The van der Waals surface area contributed by atoms with E-state index in [0.717, 1.165) is 27.8 Å². The van der Waals surface area contributed by atoms with Gasteiger partial charge in [0.1, 0.15) is 0 Å². The fourth-order valence-corrected chi connectivity index (χ4v) is 4.09.